The normalized spacial score (nSPS) is 28.9. The fourth-order valence-electron chi connectivity index (χ4n) is 2.35. The molecule has 2 heterocycles. The van der Waals surface area contributed by atoms with Crippen LogP contribution in [0.1, 0.15) is 12.6 Å². The van der Waals surface area contributed by atoms with Gasteiger partial charge in [0.1, 0.15) is 18.3 Å². The standard InChI is InChI=1S/C13H21N3O7/c14-7(5-17)2-4-22-11-10(20)8(6-18)23-12(11)16-3-1-9(19)15-13(16)21/h1,3,7-8,10-12,17-18,20H,2,4-6,14H2,(H,15,19,21)/t7-,8?,10?,11?,12?/m0/s1. The Balaban J connectivity index is 2.17. The van der Waals surface area contributed by atoms with Crippen LogP contribution in [0.5, 0.6) is 0 Å². The Morgan fingerprint density at radius 2 is 2.17 bits per heavy atom. The summed E-state index contributed by atoms with van der Waals surface area (Å²) in [6.45, 7) is -0.527. The number of aromatic nitrogens is 2. The first-order valence-corrected chi connectivity index (χ1v) is 7.21. The van der Waals surface area contributed by atoms with Gasteiger partial charge in [0, 0.05) is 24.9 Å². The molecule has 2 rings (SSSR count). The summed E-state index contributed by atoms with van der Waals surface area (Å²) in [7, 11) is 0. The summed E-state index contributed by atoms with van der Waals surface area (Å²) in [5.74, 6) is 0. The first-order valence-electron chi connectivity index (χ1n) is 7.21. The highest BCUT2D eigenvalue weighted by Crippen LogP contribution is 2.30. The second-order valence-electron chi connectivity index (χ2n) is 5.32. The van der Waals surface area contributed by atoms with Crippen LogP contribution in [-0.4, -0.2) is 69.0 Å². The first-order chi connectivity index (χ1) is 11.0. The van der Waals surface area contributed by atoms with Crippen molar-refractivity contribution in [1.29, 1.82) is 0 Å². The highest BCUT2D eigenvalue weighted by molar-refractivity contribution is 4.94. The summed E-state index contributed by atoms with van der Waals surface area (Å²) in [4.78, 5) is 25.1. The van der Waals surface area contributed by atoms with E-state index >= 15 is 0 Å². The van der Waals surface area contributed by atoms with Crippen molar-refractivity contribution in [3.8, 4) is 0 Å². The highest BCUT2D eigenvalue weighted by atomic mass is 16.6. The predicted octanol–water partition coefficient (Wildman–Crippen LogP) is -3.12. The van der Waals surface area contributed by atoms with Crippen LogP contribution in [0.15, 0.2) is 21.9 Å². The molecule has 5 atom stereocenters. The molecule has 1 aromatic heterocycles. The highest BCUT2D eigenvalue weighted by Gasteiger charge is 2.45. The molecule has 1 aliphatic heterocycles. The molecule has 0 amide bonds. The molecule has 0 aliphatic carbocycles. The Labute approximate surface area is 131 Å². The quantitative estimate of drug-likeness (QED) is 0.351. The Kier molecular flexibility index (Phi) is 6.04. The molecule has 0 bridgehead atoms. The van der Waals surface area contributed by atoms with Gasteiger partial charge < -0.3 is 30.5 Å². The second kappa shape index (κ2) is 7.81. The SMILES string of the molecule is N[C@H](CO)CCOC1C(O)C(CO)OC1n1ccc(=O)[nH]c1=O. The lowest BCUT2D eigenvalue weighted by atomic mass is 10.1. The van der Waals surface area contributed by atoms with Crippen LogP contribution in [-0.2, 0) is 9.47 Å². The lowest BCUT2D eigenvalue weighted by Crippen LogP contribution is -2.40. The number of nitrogens with one attached hydrogen (secondary N) is 1. The molecule has 1 aliphatic rings. The van der Waals surface area contributed by atoms with Gasteiger partial charge in [-0.15, -0.1) is 0 Å². The Hall–Kier alpha value is -1.56. The maximum absolute atomic E-state index is 11.9. The summed E-state index contributed by atoms with van der Waals surface area (Å²) in [6, 6.07) is 0.680. The van der Waals surface area contributed by atoms with E-state index in [9.17, 15) is 19.8 Å². The van der Waals surface area contributed by atoms with Crippen LogP contribution in [0.3, 0.4) is 0 Å². The van der Waals surface area contributed by atoms with Gasteiger partial charge in [0.15, 0.2) is 6.23 Å². The minimum Gasteiger partial charge on any atom is -0.395 e. The minimum absolute atomic E-state index is 0.125. The number of ether oxygens (including phenoxy) is 2. The van der Waals surface area contributed by atoms with Gasteiger partial charge in [-0.2, -0.15) is 0 Å². The summed E-state index contributed by atoms with van der Waals surface area (Å²) < 4.78 is 12.1. The largest absolute Gasteiger partial charge is 0.395 e. The van der Waals surface area contributed by atoms with Crippen molar-refractivity contribution in [1.82, 2.24) is 9.55 Å². The molecule has 1 saturated heterocycles. The maximum atomic E-state index is 11.9. The van der Waals surface area contributed by atoms with Crippen LogP contribution < -0.4 is 17.0 Å². The van der Waals surface area contributed by atoms with E-state index in [0.717, 1.165) is 10.6 Å². The molecule has 1 fully saturated rings. The van der Waals surface area contributed by atoms with Crippen LogP contribution in [0, 0.1) is 0 Å². The van der Waals surface area contributed by atoms with Gasteiger partial charge in [0.25, 0.3) is 5.56 Å². The third kappa shape index (κ3) is 4.05. The molecule has 1 aromatic rings. The molecule has 6 N–H and O–H groups in total. The first kappa shape index (κ1) is 17.8. The average molecular weight is 331 g/mol. The van der Waals surface area contributed by atoms with Crippen molar-refractivity contribution >= 4 is 0 Å². The monoisotopic (exact) mass is 331 g/mol. The minimum atomic E-state index is -1.16. The van der Waals surface area contributed by atoms with Gasteiger partial charge >= 0.3 is 5.69 Å². The van der Waals surface area contributed by atoms with E-state index < -0.39 is 48.4 Å². The van der Waals surface area contributed by atoms with Crippen LogP contribution in [0.2, 0.25) is 0 Å². The number of nitrogens with zero attached hydrogens (tertiary/aromatic N) is 1. The van der Waals surface area contributed by atoms with Crippen LogP contribution >= 0.6 is 0 Å². The van der Waals surface area contributed by atoms with Gasteiger partial charge in [-0.25, -0.2) is 4.79 Å². The van der Waals surface area contributed by atoms with Gasteiger partial charge in [0.2, 0.25) is 0 Å². The average Bonchev–Trinajstić information content (AvgIpc) is 2.83. The van der Waals surface area contributed by atoms with Crippen molar-refractivity contribution < 1.29 is 24.8 Å². The number of H-pyrrole nitrogens is 1. The van der Waals surface area contributed by atoms with E-state index in [1.807, 2.05) is 0 Å². The lowest BCUT2D eigenvalue weighted by Gasteiger charge is -2.22. The zero-order valence-corrected chi connectivity index (χ0v) is 12.4. The summed E-state index contributed by atoms with van der Waals surface area (Å²) in [6.07, 6.45) is -2.44. The molecule has 10 heteroatoms. The second-order valence-corrected chi connectivity index (χ2v) is 5.32. The smallest absolute Gasteiger partial charge is 0.330 e. The molecule has 10 nitrogen and oxygen atoms in total. The van der Waals surface area contributed by atoms with E-state index in [2.05, 4.69) is 4.98 Å². The van der Waals surface area contributed by atoms with Crippen molar-refractivity contribution in [3.63, 3.8) is 0 Å². The number of hydrogen-bond acceptors (Lipinski definition) is 8. The van der Waals surface area contributed by atoms with Gasteiger partial charge in [0.05, 0.1) is 13.2 Å². The van der Waals surface area contributed by atoms with Gasteiger partial charge in [-0.05, 0) is 6.42 Å². The summed E-state index contributed by atoms with van der Waals surface area (Å²) >= 11 is 0. The predicted molar refractivity (Wildman–Crippen MR) is 77.7 cm³/mol. The zero-order chi connectivity index (χ0) is 17.0. The van der Waals surface area contributed by atoms with Crippen molar-refractivity contribution in [2.45, 2.75) is 37.0 Å². The topological polar surface area (TPSA) is 160 Å². The molecule has 0 spiro atoms. The third-order valence-electron chi connectivity index (χ3n) is 3.65. The summed E-state index contributed by atoms with van der Waals surface area (Å²) in [5.41, 5.74) is 4.30. The van der Waals surface area contributed by atoms with Crippen molar-refractivity contribution in [3.05, 3.63) is 33.1 Å². The Bertz CT molecular complexity index is 616. The van der Waals surface area contributed by atoms with Crippen molar-refractivity contribution in [2.24, 2.45) is 5.73 Å². The van der Waals surface area contributed by atoms with Crippen molar-refractivity contribution in [2.75, 3.05) is 19.8 Å². The number of aliphatic hydroxyl groups is 3. The maximum Gasteiger partial charge on any atom is 0.330 e. The van der Waals surface area contributed by atoms with E-state index in [0.29, 0.717) is 6.42 Å². The third-order valence-corrected chi connectivity index (χ3v) is 3.65. The molecule has 23 heavy (non-hydrogen) atoms. The number of hydrogen-bond donors (Lipinski definition) is 5. The molecule has 130 valence electrons. The molecular weight excluding hydrogens is 310 g/mol. The zero-order valence-electron chi connectivity index (χ0n) is 12.4. The van der Waals surface area contributed by atoms with Gasteiger partial charge in [-0.3, -0.25) is 14.3 Å². The lowest BCUT2D eigenvalue weighted by molar-refractivity contribution is -0.0757. The number of rotatable bonds is 7. The number of nitrogens with two attached hydrogens (primary N) is 1. The van der Waals surface area contributed by atoms with E-state index in [1.54, 1.807) is 0 Å². The van der Waals surface area contributed by atoms with E-state index in [4.69, 9.17) is 20.3 Å². The Morgan fingerprint density at radius 3 is 2.78 bits per heavy atom. The molecular formula is C13H21N3O7. The molecule has 0 saturated carbocycles. The molecule has 4 unspecified atom stereocenters. The molecule has 0 radical (unpaired) electrons. The fourth-order valence-corrected chi connectivity index (χ4v) is 2.35. The van der Waals surface area contributed by atoms with E-state index in [-0.39, 0.29) is 13.2 Å². The van der Waals surface area contributed by atoms with E-state index in [1.165, 1.54) is 6.20 Å². The number of aliphatic hydroxyl groups excluding tert-OH is 3. The summed E-state index contributed by atoms with van der Waals surface area (Å²) in [5, 5.41) is 28.3. The molecule has 0 aromatic carbocycles. The van der Waals surface area contributed by atoms with Crippen LogP contribution in [0.25, 0.3) is 0 Å². The fraction of sp³-hybridized carbons (Fsp3) is 0.692. The Morgan fingerprint density at radius 1 is 1.43 bits per heavy atom. The van der Waals surface area contributed by atoms with Gasteiger partial charge in [-0.1, -0.05) is 0 Å². The number of aromatic amines is 1. The van der Waals surface area contributed by atoms with Crippen LogP contribution in [0.4, 0.5) is 0 Å².